The third kappa shape index (κ3) is 5.95. The monoisotopic (exact) mass is 436 g/mol. The molecule has 0 bridgehead atoms. The summed E-state index contributed by atoms with van der Waals surface area (Å²) in [5, 5.41) is 2.92. The summed E-state index contributed by atoms with van der Waals surface area (Å²) in [6.07, 6.45) is 1.20. The SMILES string of the molecule is Cc1cccc(CNC(=O)c2ccc(CN(c3ccc(C)c(C)c3)S(C)(=O)=O)cc2)c1. The zero-order chi connectivity index (χ0) is 22.6. The number of hydrogen-bond donors (Lipinski definition) is 1. The van der Waals surface area contributed by atoms with Gasteiger partial charge in [0.05, 0.1) is 18.5 Å². The molecule has 0 aliphatic carbocycles. The minimum absolute atomic E-state index is 0.165. The number of nitrogens with zero attached hydrogens (tertiary/aromatic N) is 1. The topological polar surface area (TPSA) is 66.5 Å². The summed E-state index contributed by atoms with van der Waals surface area (Å²) >= 11 is 0. The molecule has 6 heteroatoms. The molecule has 0 spiro atoms. The fourth-order valence-electron chi connectivity index (χ4n) is 3.31. The number of aryl methyl sites for hydroxylation is 3. The van der Waals surface area contributed by atoms with Gasteiger partial charge in [0.25, 0.3) is 5.91 Å². The van der Waals surface area contributed by atoms with E-state index in [1.807, 2.05) is 63.2 Å². The third-order valence-corrected chi connectivity index (χ3v) is 6.40. The fourth-order valence-corrected chi connectivity index (χ4v) is 4.19. The Morgan fingerprint density at radius 2 is 1.58 bits per heavy atom. The minimum atomic E-state index is -3.46. The van der Waals surface area contributed by atoms with Crippen LogP contribution in [0.3, 0.4) is 0 Å². The average Bonchev–Trinajstić information content (AvgIpc) is 2.72. The standard InChI is InChI=1S/C25H28N2O3S/c1-18-6-5-7-22(14-18)16-26-25(28)23-11-9-21(10-12-23)17-27(31(4,29)30)24-13-8-19(2)20(3)15-24/h5-15H,16-17H2,1-4H3,(H,26,28). The smallest absolute Gasteiger partial charge is 0.251 e. The van der Waals surface area contributed by atoms with Gasteiger partial charge < -0.3 is 5.32 Å². The summed E-state index contributed by atoms with van der Waals surface area (Å²) in [5.41, 5.74) is 6.31. The molecule has 0 saturated heterocycles. The van der Waals surface area contributed by atoms with E-state index in [1.165, 1.54) is 10.6 Å². The first-order valence-electron chi connectivity index (χ1n) is 10.1. The van der Waals surface area contributed by atoms with Crippen molar-refractivity contribution in [1.29, 1.82) is 0 Å². The summed E-state index contributed by atoms with van der Waals surface area (Å²) in [5.74, 6) is -0.165. The van der Waals surface area contributed by atoms with Gasteiger partial charge >= 0.3 is 0 Å². The number of hydrogen-bond acceptors (Lipinski definition) is 3. The minimum Gasteiger partial charge on any atom is -0.348 e. The van der Waals surface area contributed by atoms with Crippen LogP contribution in [0.4, 0.5) is 5.69 Å². The Morgan fingerprint density at radius 1 is 0.871 bits per heavy atom. The number of benzene rings is 3. The van der Waals surface area contributed by atoms with E-state index in [9.17, 15) is 13.2 Å². The summed E-state index contributed by atoms with van der Waals surface area (Å²) in [6, 6.07) is 20.6. The molecule has 0 unspecified atom stereocenters. The maximum absolute atomic E-state index is 12.5. The largest absolute Gasteiger partial charge is 0.348 e. The third-order valence-electron chi connectivity index (χ3n) is 5.26. The van der Waals surface area contributed by atoms with Gasteiger partial charge in [-0.15, -0.1) is 0 Å². The molecule has 5 nitrogen and oxygen atoms in total. The Bertz CT molecular complexity index is 1190. The van der Waals surface area contributed by atoms with E-state index in [0.717, 1.165) is 27.8 Å². The number of nitrogens with one attached hydrogen (secondary N) is 1. The van der Waals surface area contributed by atoms with Crippen LogP contribution in [0.2, 0.25) is 0 Å². The molecule has 0 aliphatic heterocycles. The van der Waals surface area contributed by atoms with Crippen molar-refractivity contribution < 1.29 is 13.2 Å². The molecule has 3 aromatic carbocycles. The lowest BCUT2D eigenvalue weighted by atomic mass is 10.1. The van der Waals surface area contributed by atoms with E-state index < -0.39 is 10.0 Å². The lowest BCUT2D eigenvalue weighted by Crippen LogP contribution is -2.29. The van der Waals surface area contributed by atoms with E-state index in [1.54, 1.807) is 24.3 Å². The summed E-state index contributed by atoms with van der Waals surface area (Å²) in [4.78, 5) is 12.5. The lowest BCUT2D eigenvalue weighted by molar-refractivity contribution is 0.0951. The van der Waals surface area contributed by atoms with Crippen LogP contribution >= 0.6 is 0 Å². The molecule has 162 valence electrons. The second-order valence-corrected chi connectivity index (χ2v) is 9.81. The molecule has 0 atom stereocenters. The molecular formula is C25H28N2O3S. The molecule has 3 rings (SSSR count). The van der Waals surface area contributed by atoms with Gasteiger partial charge in [-0.2, -0.15) is 0 Å². The number of rotatable bonds is 7. The molecule has 0 fully saturated rings. The van der Waals surface area contributed by atoms with Gasteiger partial charge in [0.15, 0.2) is 0 Å². The van der Waals surface area contributed by atoms with Gasteiger partial charge in [-0.25, -0.2) is 8.42 Å². The van der Waals surface area contributed by atoms with Crippen molar-refractivity contribution in [3.8, 4) is 0 Å². The fraction of sp³-hybridized carbons (Fsp3) is 0.240. The Balaban J connectivity index is 1.71. The second kappa shape index (κ2) is 9.35. The summed E-state index contributed by atoms with van der Waals surface area (Å²) in [6.45, 7) is 6.63. The highest BCUT2D eigenvalue weighted by Crippen LogP contribution is 2.23. The van der Waals surface area contributed by atoms with Crippen LogP contribution in [-0.4, -0.2) is 20.6 Å². The normalized spacial score (nSPS) is 11.2. The highest BCUT2D eigenvalue weighted by atomic mass is 32.2. The maximum atomic E-state index is 12.5. The van der Waals surface area contributed by atoms with Gasteiger partial charge in [0.2, 0.25) is 10.0 Å². The zero-order valence-electron chi connectivity index (χ0n) is 18.3. The van der Waals surface area contributed by atoms with Crippen LogP contribution in [0.25, 0.3) is 0 Å². The van der Waals surface area contributed by atoms with Crippen molar-refractivity contribution in [3.63, 3.8) is 0 Å². The van der Waals surface area contributed by atoms with Crippen LogP contribution < -0.4 is 9.62 Å². The second-order valence-electron chi connectivity index (χ2n) is 7.91. The van der Waals surface area contributed by atoms with E-state index in [0.29, 0.717) is 17.8 Å². The van der Waals surface area contributed by atoms with Crippen molar-refractivity contribution >= 4 is 21.6 Å². The van der Waals surface area contributed by atoms with Crippen LogP contribution in [0.5, 0.6) is 0 Å². The number of sulfonamides is 1. The molecule has 0 aromatic heterocycles. The Morgan fingerprint density at radius 3 is 2.19 bits per heavy atom. The Labute approximate surface area is 184 Å². The van der Waals surface area contributed by atoms with Crippen molar-refractivity contribution in [2.45, 2.75) is 33.9 Å². The molecule has 0 heterocycles. The van der Waals surface area contributed by atoms with Gasteiger partial charge in [0.1, 0.15) is 0 Å². The Kier molecular flexibility index (Phi) is 6.81. The molecule has 0 aliphatic rings. The predicted octanol–water partition coefficient (Wildman–Crippen LogP) is 4.51. The molecular weight excluding hydrogens is 408 g/mol. The van der Waals surface area contributed by atoms with Crippen LogP contribution in [0.1, 0.15) is 38.2 Å². The number of amides is 1. The highest BCUT2D eigenvalue weighted by Gasteiger charge is 2.18. The molecule has 31 heavy (non-hydrogen) atoms. The molecule has 0 saturated carbocycles. The zero-order valence-corrected chi connectivity index (χ0v) is 19.2. The number of carbonyl (C=O) groups is 1. The number of anilines is 1. The van der Waals surface area contributed by atoms with Crippen molar-refractivity contribution in [1.82, 2.24) is 5.32 Å². The molecule has 1 amide bonds. The van der Waals surface area contributed by atoms with Gasteiger partial charge in [-0.05, 0) is 67.3 Å². The number of carbonyl (C=O) groups excluding carboxylic acids is 1. The van der Waals surface area contributed by atoms with Gasteiger partial charge in [0, 0.05) is 12.1 Å². The van der Waals surface area contributed by atoms with Gasteiger partial charge in [-0.3, -0.25) is 9.10 Å². The average molecular weight is 437 g/mol. The van der Waals surface area contributed by atoms with E-state index >= 15 is 0 Å². The van der Waals surface area contributed by atoms with Crippen molar-refractivity contribution in [2.24, 2.45) is 0 Å². The van der Waals surface area contributed by atoms with Crippen LogP contribution in [0.15, 0.2) is 66.7 Å². The summed E-state index contributed by atoms with van der Waals surface area (Å²) in [7, 11) is -3.46. The van der Waals surface area contributed by atoms with Crippen LogP contribution in [-0.2, 0) is 23.1 Å². The lowest BCUT2D eigenvalue weighted by Gasteiger charge is -2.23. The first-order valence-corrected chi connectivity index (χ1v) is 12.0. The van der Waals surface area contributed by atoms with E-state index in [2.05, 4.69) is 5.32 Å². The van der Waals surface area contributed by atoms with Gasteiger partial charge in [-0.1, -0.05) is 48.0 Å². The van der Waals surface area contributed by atoms with Crippen molar-refractivity contribution in [3.05, 3.63) is 100 Å². The predicted molar refractivity (Wildman–Crippen MR) is 126 cm³/mol. The molecule has 3 aromatic rings. The van der Waals surface area contributed by atoms with E-state index in [-0.39, 0.29) is 12.5 Å². The maximum Gasteiger partial charge on any atom is 0.251 e. The Hall–Kier alpha value is -3.12. The summed E-state index contributed by atoms with van der Waals surface area (Å²) < 4.78 is 26.2. The molecule has 0 radical (unpaired) electrons. The highest BCUT2D eigenvalue weighted by molar-refractivity contribution is 7.92. The van der Waals surface area contributed by atoms with E-state index in [4.69, 9.17) is 0 Å². The first kappa shape index (κ1) is 22.6. The quantitative estimate of drug-likeness (QED) is 0.593. The van der Waals surface area contributed by atoms with Crippen molar-refractivity contribution in [2.75, 3.05) is 10.6 Å². The molecule has 1 N–H and O–H groups in total. The first-order chi connectivity index (χ1) is 14.6. The van der Waals surface area contributed by atoms with Crippen LogP contribution in [0, 0.1) is 20.8 Å².